The summed E-state index contributed by atoms with van der Waals surface area (Å²) < 4.78 is 31.5. The molecular weight excluding hydrogens is 446 g/mol. The molecule has 0 aliphatic carbocycles. The fourth-order valence-electron chi connectivity index (χ4n) is 3.50. The number of anilines is 3. The summed E-state index contributed by atoms with van der Waals surface area (Å²) in [5.74, 6) is 1.13. The first-order valence-electron chi connectivity index (χ1n) is 10.7. The van der Waals surface area contributed by atoms with E-state index in [0.29, 0.717) is 23.3 Å². The predicted molar refractivity (Wildman–Crippen MR) is 127 cm³/mol. The number of pyridine rings is 1. The molecule has 32 heavy (non-hydrogen) atoms. The van der Waals surface area contributed by atoms with Gasteiger partial charge in [-0.05, 0) is 63.2 Å². The van der Waals surface area contributed by atoms with Crippen molar-refractivity contribution in [1.82, 2.24) is 14.9 Å². The molecule has 0 spiro atoms. The fraction of sp³-hybridized carbons (Fsp3) is 0.364. The van der Waals surface area contributed by atoms with Crippen LogP contribution in [0.1, 0.15) is 19.8 Å². The Labute approximate surface area is 192 Å². The standard InChI is InChI=1S/C22H27N5O3S2/c1-2-30-18-6-5-7-19(14-18)32(28,29)21-16-25-22(31-21)26-20-9-8-17(15-24-20)23-10-13-27-11-3-4-12-27/h5-9,14-16,23H,2-4,10-13H2,1H3,(H,24,25,26). The largest absolute Gasteiger partial charge is 0.494 e. The number of hydrogen-bond acceptors (Lipinski definition) is 9. The van der Waals surface area contributed by atoms with E-state index in [0.717, 1.165) is 30.1 Å². The summed E-state index contributed by atoms with van der Waals surface area (Å²) >= 11 is 1.07. The zero-order chi connectivity index (χ0) is 22.4. The van der Waals surface area contributed by atoms with E-state index in [2.05, 4.69) is 25.5 Å². The smallest absolute Gasteiger partial charge is 0.217 e. The maximum Gasteiger partial charge on any atom is 0.217 e. The van der Waals surface area contributed by atoms with Crippen LogP contribution in [0.5, 0.6) is 5.75 Å². The number of rotatable bonds is 10. The van der Waals surface area contributed by atoms with Crippen molar-refractivity contribution in [3.8, 4) is 5.75 Å². The molecule has 2 aromatic heterocycles. The first kappa shape index (κ1) is 22.5. The lowest BCUT2D eigenvalue weighted by molar-refractivity contribution is 0.339. The van der Waals surface area contributed by atoms with Crippen LogP contribution in [-0.2, 0) is 9.84 Å². The van der Waals surface area contributed by atoms with Crippen molar-refractivity contribution in [3.05, 3.63) is 48.8 Å². The number of nitrogens with zero attached hydrogens (tertiary/aromatic N) is 3. The Hall–Kier alpha value is -2.69. The number of aromatic nitrogens is 2. The van der Waals surface area contributed by atoms with Gasteiger partial charge in [-0.3, -0.25) is 0 Å². The van der Waals surface area contributed by atoms with Crippen LogP contribution in [-0.4, -0.2) is 56.1 Å². The zero-order valence-electron chi connectivity index (χ0n) is 18.0. The number of hydrogen-bond donors (Lipinski definition) is 2. The molecule has 10 heteroatoms. The van der Waals surface area contributed by atoms with E-state index in [1.165, 1.54) is 38.2 Å². The highest BCUT2D eigenvalue weighted by Crippen LogP contribution is 2.31. The Balaban J connectivity index is 1.36. The van der Waals surface area contributed by atoms with Gasteiger partial charge in [0, 0.05) is 13.1 Å². The maximum atomic E-state index is 13.0. The van der Waals surface area contributed by atoms with Gasteiger partial charge in [-0.1, -0.05) is 17.4 Å². The second kappa shape index (κ2) is 10.3. The monoisotopic (exact) mass is 473 g/mol. The minimum atomic E-state index is -3.67. The number of likely N-dealkylation sites (tertiary alicyclic amines) is 1. The summed E-state index contributed by atoms with van der Waals surface area (Å²) in [5.41, 5.74) is 0.950. The lowest BCUT2D eigenvalue weighted by Crippen LogP contribution is -2.25. The summed E-state index contributed by atoms with van der Waals surface area (Å²) in [6.45, 7) is 6.61. The summed E-state index contributed by atoms with van der Waals surface area (Å²) in [7, 11) is -3.67. The lowest BCUT2D eigenvalue weighted by atomic mass is 10.3. The van der Waals surface area contributed by atoms with Crippen molar-refractivity contribution in [2.75, 3.05) is 43.4 Å². The first-order valence-corrected chi connectivity index (χ1v) is 13.0. The summed E-state index contributed by atoms with van der Waals surface area (Å²) in [6.07, 6.45) is 5.71. The van der Waals surface area contributed by atoms with E-state index in [-0.39, 0.29) is 9.10 Å². The molecule has 2 N–H and O–H groups in total. The number of thiazole rings is 1. The van der Waals surface area contributed by atoms with Gasteiger partial charge >= 0.3 is 0 Å². The number of nitrogens with one attached hydrogen (secondary N) is 2. The molecule has 8 nitrogen and oxygen atoms in total. The molecule has 1 aliphatic rings. The molecule has 4 rings (SSSR count). The average molecular weight is 474 g/mol. The zero-order valence-corrected chi connectivity index (χ0v) is 19.6. The Morgan fingerprint density at radius 3 is 2.72 bits per heavy atom. The topological polar surface area (TPSA) is 96.5 Å². The third kappa shape index (κ3) is 5.56. The summed E-state index contributed by atoms with van der Waals surface area (Å²) in [5, 5.41) is 6.93. The minimum Gasteiger partial charge on any atom is -0.494 e. The van der Waals surface area contributed by atoms with E-state index in [4.69, 9.17) is 4.74 Å². The maximum absolute atomic E-state index is 13.0. The normalized spacial score (nSPS) is 14.4. The van der Waals surface area contributed by atoms with Gasteiger partial charge in [-0.2, -0.15) is 0 Å². The van der Waals surface area contributed by atoms with Crippen LogP contribution in [0.15, 0.2) is 57.9 Å². The van der Waals surface area contributed by atoms with Gasteiger partial charge in [0.2, 0.25) is 9.84 Å². The molecular formula is C22H27N5O3S2. The van der Waals surface area contributed by atoms with Crippen LogP contribution >= 0.6 is 11.3 Å². The summed E-state index contributed by atoms with van der Waals surface area (Å²) in [6, 6.07) is 10.3. The van der Waals surface area contributed by atoms with Crippen LogP contribution in [0.3, 0.4) is 0 Å². The second-order valence-electron chi connectivity index (χ2n) is 7.43. The van der Waals surface area contributed by atoms with E-state index < -0.39 is 9.84 Å². The quantitative estimate of drug-likeness (QED) is 0.456. The molecule has 1 aromatic carbocycles. The molecule has 0 unspecified atom stereocenters. The molecule has 0 radical (unpaired) electrons. The second-order valence-corrected chi connectivity index (χ2v) is 10.6. The van der Waals surface area contributed by atoms with Crippen LogP contribution in [0.25, 0.3) is 0 Å². The molecule has 0 amide bonds. The molecule has 1 saturated heterocycles. The molecule has 0 bridgehead atoms. The third-order valence-corrected chi connectivity index (χ3v) is 8.26. The molecule has 1 aliphatic heterocycles. The van der Waals surface area contributed by atoms with Gasteiger partial charge in [-0.25, -0.2) is 18.4 Å². The van der Waals surface area contributed by atoms with E-state index >= 15 is 0 Å². The third-order valence-electron chi connectivity index (χ3n) is 5.13. The van der Waals surface area contributed by atoms with Crippen molar-refractivity contribution in [3.63, 3.8) is 0 Å². The highest BCUT2D eigenvalue weighted by atomic mass is 32.2. The average Bonchev–Trinajstić information content (AvgIpc) is 3.48. The van der Waals surface area contributed by atoms with Gasteiger partial charge in [0.25, 0.3) is 0 Å². The highest BCUT2D eigenvalue weighted by molar-refractivity contribution is 7.93. The Morgan fingerprint density at radius 1 is 1.12 bits per heavy atom. The van der Waals surface area contributed by atoms with Crippen molar-refractivity contribution >= 4 is 37.8 Å². The van der Waals surface area contributed by atoms with Gasteiger partial charge in [0.15, 0.2) is 5.13 Å². The van der Waals surface area contributed by atoms with Crippen LogP contribution in [0.2, 0.25) is 0 Å². The van der Waals surface area contributed by atoms with Gasteiger partial charge in [0.05, 0.1) is 29.6 Å². The van der Waals surface area contributed by atoms with E-state index in [1.54, 1.807) is 24.4 Å². The Kier molecular flexibility index (Phi) is 7.23. The lowest BCUT2D eigenvalue weighted by Gasteiger charge is -2.15. The van der Waals surface area contributed by atoms with Crippen LogP contribution < -0.4 is 15.4 Å². The molecule has 170 valence electrons. The van der Waals surface area contributed by atoms with Gasteiger partial charge < -0.3 is 20.3 Å². The number of sulfone groups is 1. The first-order chi connectivity index (χ1) is 15.5. The Morgan fingerprint density at radius 2 is 1.97 bits per heavy atom. The molecule has 1 fully saturated rings. The minimum absolute atomic E-state index is 0.161. The van der Waals surface area contributed by atoms with Gasteiger partial charge in [0.1, 0.15) is 15.8 Å². The van der Waals surface area contributed by atoms with Crippen molar-refractivity contribution in [2.24, 2.45) is 0 Å². The molecule has 0 saturated carbocycles. The fourth-order valence-corrected chi connectivity index (χ4v) is 5.98. The van der Waals surface area contributed by atoms with Gasteiger partial charge in [-0.15, -0.1) is 0 Å². The predicted octanol–water partition coefficient (Wildman–Crippen LogP) is 4.02. The molecule has 3 heterocycles. The van der Waals surface area contributed by atoms with Crippen molar-refractivity contribution in [2.45, 2.75) is 28.9 Å². The number of benzene rings is 1. The van der Waals surface area contributed by atoms with E-state index in [9.17, 15) is 8.42 Å². The van der Waals surface area contributed by atoms with Crippen LogP contribution in [0.4, 0.5) is 16.6 Å². The summed E-state index contributed by atoms with van der Waals surface area (Å²) in [4.78, 5) is 11.3. The molecule has 0 atom stereocenters. The van der Waals surface area contributed by atoms with Crippen molar-refractivity contribution in [1.29, 1.82) is 0 Å². The van der Waals surface area contributed by atoms with Crippen molar-refractivity contribution < 1.29 is 13.2 Å². The van der Waals surface area contributed by atoms with E-state index in [1.807, 2.05) is 19.1 Å². The number of ether oxygens (including phenoxy) is 1. The SMILES string of the molecule is CCOc1cccc(S(=O)(=O)c2cnc(Nc3ccc(NCCN4CCCC4)cn3)s2)c1. The Bertz CT molecular complexity index is 1130. The van der Waals surface area contributed by atoms with Crippen LogP contribution in [0, 0.1) is 0 Å². The molecule has 3 aromatic rings. The highest BCUT2D eigenvalue weighted by Gasteiger charge is 2.22.